The molecule has 7 nitrogen and oxygen atoms in total. The van der Waals surface area contributed by atoms with E-state index in [1.54, 1.807) is 0 Å². The van der Waals surface area contributed by atoms with Crippen LogP contribution < -0.4 is 5.32 Å². The highest BCUT2D eigenvalue weighted by Crippen LogP contribution is 2.37. The Balaban J connectivity index is 1.44. The summed E-state index contributed by atoms with van der Waals surface area (Å²) in [4.78, 5) is 49.3. The summed E-state index contributed by atoms with van der Waals surface area (Å²) < 4.78 is 31.3. The van der Waals surface area contributed by atoms with Gasteiger partial charge in [-0.05, 0) is 25.0 Å². The maximum absolute atomic E-state index is 13.5. The van der Waals surface area contributed by atoms with Gasteiger partial charge in [-0.3, -0.25) is 24.1 Å². The number of hydrogen-bond acceptors (Lipinski definition) is 5. The van der Waals surface area contributed by atoms with E-state index in [1.807, 2.05) is 0 Å². The monoisotopic (exact) mass is 394 g/mol. The van der Waals surface area contributed by atoms with Gasteiger partial charge in [0.2, 0.25) is 11.8 Å². The Morgan fingerprint density at radius 3 is 2.39 bits per heavy atom. The van der Waals surface area contributed by atoms with Gasteiger partial charge in [0, 0.05) is 12.6 Å². The van der Waals surface area contributed by atoms with Gasteiger partial charge in [0.05, 0.1) is 23.9 Å². The van der Waals surface area contributed by atoms with E-state index in [4.69, 9.17) is 4.74 Å². The Morgan fingerprint density at radius 2 is 1.75 bits per heavy atom. The van der Waals surface area contributed by atoms with E-state index in [0.717, 1.165) is 35.9 Å². The Hall–Kier alpha value is -2.84. The second-order valence-corrected chi connectivity index (χ2v) is 6.91. The van der Waals surface area contributed by atoms with E-state index in [2.05, 4.69) is 5.32 Å². The van der Waals surface area contributed by atoms with Crippen LogP contribution in [0.3, 0.4) is 0 Å². The number of anilines is 1. The first-order chi connectivity index (χ1) is 13.4. The lowest BCUT2D eigenvalue weighted by Crippen LogP contribution is -2.33. The summed E-state index contributed by atoms with van der Waals surface area (Å²) in [5.41, 5.74) is -0.364. The molecule has 1 aromatic rings. The molecule has 1 aromatic carbocycles. The van der Waals surface area contributed by atoms with Crippen LogP contribution in [0.1, 0.15) is 32.1 Å². The maximum Gasteiger partial charge on any atom is 0.308 e. The molecule has 9 heteroatoms. The zero-order chi connectivity index (χ0) is 20.3. The fourth-order valence-electron chi connectivity index (χ4n) is 3.65. The van der Waals surface area contributed by atoms with Crippen LogP contribution in [0, 0.1) is 23.5 Å². The lowest BCUT2D eigenvalue weighted by Gasteiger charge is -2.19. The van der Waals surface area contributed by atoms with Crippen molar-refractivity contribution >= 4 is 29.4 Å². The van der Waals surface area contributed by atoms with E-state index < -0.39 is 30.1 Å². The molecule has 150 valence electrons. The quantitative estimate of drug-likeness (QED) is 0.589. The van der Waals surface area contributed by atoms with Crippen LogP contribution in [0.2, 0.25) is 0 Å². The maximum atomic E-state index is 13.5. The molecule has 1 aliphatic carbocycles. The fourth-order valence-corrected chi connectivity index (χ4v) is 3.65. The average Bonchev–Trinajstić information content (AvgIpc) is 2.92. The third-order valence-electron chi connectivity index (χ3n) is 5.04. The number of hydrogen-bond donors (Lipinski definition) is 1. The Bertz CT molecular complexity index is 790. The largest absolute Gasteiger partial charge is 0.456 e. The Labute approximate surface area is 160 Å². The summed E-state index contributed by atoms with van der Waals surface area (Å²) in [5.74, 6) is -4.23. The summed E-state index contributed by atoms with van der Waals surface area (Å²) in [6.45, 7) is -0.786. The van der Waals surface area contributed by atoms with Gasteiger partial charge in [-0.2, -0.15) is 0 Å². The number of carbonyl (C=O) groups excluding carboxylic acids is 4. The van der Waals surface area contributed by atoms with Crippen LogP contribution in [0.5, 0.6) is 0 Å². The van der Waals surface area contributed by atoms with Crippen molar-refractivity contribution in [3.05, 3.63) is 29.8 Å². The number of imide groups is 1. The van der Waals surface area contributed by atoms with E-state index >= 15 is 0 Å². The van der Waals surface area contributed by atoms with E-state index in [1.165, 1.54) is 0 Å². The molecule has 0 bridgehead atoms. The number of benzene rings is 1. The van der Waals surface area contributed by atoms with Gasteiger partial charge in [0.1, 0.15) is 11.6 Å². The molecule has 0 radical (unpaired) electrons. The molecule has 0 unspecified atom stereocenters. The lowest BCUT2D eigenvalue weighted by atomic mass is 9.81. The molecule has 1 heterocycles. The molecule has 3 amide bonds. The normalized spacial score (nSPS) is 21.4. The minimum atomic E-state index is -0.836. The van der Waals surface area contributed by atoms with Gasteiger partial charge >= 0.3 is 5.97 Å². The predicted octanol–water partition coefficient (Wildman–Crippen LogP) is 2.01. The minimum Gasteiger partial charge on any atom is -0.456 e. The van der Waals surface area contributed by atoms with Crippen molar-refractivity contribution in [2.45, 2.75) is 32.1 Å². The van der Waals surface area contributed by atoms with Crippen molar-refractivity contribution in [2.75, 3.05) is 18.5 Å². The highest BCUT2D eigenvalue weighted by Gasteiger charge is 2.47. The highest BCUT2D eigenvalue weighted by molar-refractivity contribution is 6.05. The zero-order valence-electron chi connectivity index (χ0n) is 15.1. The second kappa shape index (κ2) is 8.45. The predicted molar refractivity (Wildman–Crippen MR) is 92.7 cm³/mol. The average molecular weight is 394 g/mol. The fraction of sp³-hybridized carbons (Fsp3) is 0.474. The van der Waals surface area contributed by atoms with E-state index in [0.29, 0.717) is 12.8 Å². The zero-order valence-corrected chi connectivity index (χ0v) is 15.1. The van der Waals surface area contributed by atoms with Gasteiger partial charge in [0.25, 0.3) is 5.91 Å². The number of halogens is 2. The summed E-state index contributed by atoms with van der Waals surface area (Å²) in [6.07, 6.45) is 2.96. The number of likely N-dealkylation sites (tertiary alicyclic amines) is 1. The molecule has 1 aliphatic heterocycles. The first-order valence-electron chi connectivity index (χ1n) is 9.12. The van der Waals surface area contributed by atoms with Crippen LogP contribution in [0.15, 0.2) is 18.2 Å². The van der Waals surface area contributed by atoms with Crippen molar-refractivity contribution in [2.24, 2.45) is 11.8 Å². The lowest BCUT2D eigenvalue weighted by molar-refractivity contribution is -0.148. The number of nitrogens with zero attached hydrogens (tertiary/aromatic N) is 1. The number of carbonyl (C=O) groups is 4. The number of amides is 3. The smallest absolute Gasteiger partial charge is 0.308 e. The minimum absolute atomic E-state index is 0.0936. The van der Waals surface area contributed by atoms with Crippen molar-refractivity contribution in [1.29, 1.82) is 0 Å². The molecular formula is C19H20F2N2O5. The van der Waals surface area contributed by atoms with Crippen molar-refractivity contribution in [1.82, 2.24) is 4.90 Å². The van der Waals surface area contributed by atoms with Gasteiger partial charge in [0.15, 0.2) is 6.61 Å². The van der Waals surface area contributed by atoms with Crippen molar-refractivity contribution < 1.29 is 32.7 Å². The summed E-state index contributed by atoms with van der Waals surface area (Å²) in [6, 6.07) is 2.57. The number of nitrogens with one attached hydrogen (secondary N) is 1. The third-order valence-corrected chi connectivity index (χ3v) is 5.04. The van der Waals surface area contributed by atoms with Gasteiger partial charge in [-0.15, -0.1) is 0 Å². The highest BCUT2D eigenvalue weighted by atomic mass is 19.1. The van der Waals surface area contributed by atoms with Crippen LogP contribution in [0.25, 0.3) is 0 Å². The summed E-state index contributed by atoms with van der Waals surface area (Å²) in [7, 11) is 0. The molecule has 2 atom stereocenters. The van der Waals surface area contributed by atoms with Crippen LogP contribution >= 0.6 is 0 Å². The molecule has 2 aliphatic rings. The summed E-state index contributed by atoms with van der Waals surface area (Å²) in [5, 5.41) is 2.10. The van der Waals surface area contributed by atoms with E-state index in [-0.39, 0.29) is 42.3 Å². The molecule has 0 spiro atoms. The van der Waals surface area contributed by atoms with Gasteiger partial charge in [-0.25, -0.2) is 8.78 Å². The number of esters is 1. The number of rotatable bonds is 6. The molecule has 0 aromatic heterocycles. The number of fused-ring (bicyclic) bond motifs is 1. The van der Waals surface area contributed by atoms with Crippen LogP contribution in [-0.4, -0.2) is 41.7 Å². The molecule has 28 heavy (non-hydrogen) atoms. The standard InChI is InChI=1S/C19H20F2N2O5/c20-11-5-6-14(21)15(9-11)22-16(24)10-28-17(25)7-8-23-18(26)12-3-1-2-4-13(12)19(23)27/h5-6,9,12-13H,1-4,7-8,10H2,(H,22,24)/t12-,13-/m0/s1. The van der Waals surface area contributed by atoms with Crippen molar-refractivity contribution in [3.8, 4) is 0 Å². The Morgan fingerprint density at radius 1 is 1.11 bits per heavy atom. The SMILES string of the molecule is O=C(COC(=O)CCN1C(=O)[C@H]2CCCC[C@@H]2C1=O)Nc1cc(F)ccc1F. The molecule has 1 saturated heterocycles. The van der Waals surface area contributed by atoms with Crippen LogP contribution in [-0.2, 0) is 23.9 Å². The molecular weight excluding hydrogens is 374 g/mol. The first kappa shape index (κ1) is 19.9. The molecule has 1 saturated carbocycles. The van der Waals surface area contributed by atoms with E-state index in [9.17, 15) is 28.0 Å². The topological polar surface area (TPSA) is 92.8 Å². The second-order valence-electron chi connectivity index (χ2n) is 6.91. The third kappa shape index (κ3) is 4.35. The van der Waals surface area contributed by atoms with Crippen LogP contribution in [0.4, 0.5) is 14.5 Å². The number of ether oxygens (including phenoxy) is 1. The molecule has 3 rings (SSSR count). The molecule has 1 N–H and O–H groups in total. The van der Waals surface area contributed by atoms with Gasteiger partial charge < -0.3 is 10.1 Å². The first-order valence-corrected chi connectivity index (χ1v) is 9.12. The molecule has 2 fully saturated rings. The Kier molecular flexibility index (Phi) is 6.01. The van der Waals surface area contributed by atoms with Crippen molar-refractivity contribution in [3.63, 3.8) is 0 Å². The summed E-state index contributed by atoms with van der Waals surface area (Å²) >= 11 is 0. The van der Waals surface area contributed by atoms with Gasteiger partial charge in [-0.1, -0.05) is 12.8 Å².